The molecule has 100 valence electrons. The van der Waals surface area contributed by atoms with Gasteiger partial charge in [-0.15, -0.1) is 0 Å². The van der Waals surface area contributed by atoms with E-state index in [0.29, 0.717) is 24.7 Å². The molecule has 3 N–H and O–H groups in total. The van der Waals surface area contributed by atoms with Crippen molar-refractivity contribution in [2.45, 2.75) is 13.3 Å². The second-order valence-electron chi connectivity index (χ2n) is 3.63. The fourth-order valence-corrected chi connectivity index (χ4v) is 1.38. The van der Waals surface area contributed by atoms with Gasteiger partial charge in [-0.3, -0.25) is 10.1 Å². The van der Waals surface area contributed by atoms with Crippen molar-refractivity contribution >= 4 is 17.5 Å². The van der Waals surface area contributed by atoms with E-state index in [1.54, 1.807) is 6.92 Å². The van der Waals surface area contributed by atoms with E-state index in [-0.39, 0.29) is 17.5 Å². The fraction of sp³-hybridized carbons (Fsp3) is 0.333. The summed E-state index contributed by atoms with van der Waals surface area (Å²) in [5, 5.41) is 17.2. The van der Waals surface area contributed by atoms with Crippen molar-refractivity contribution in [1.82, 2.24) is 20.1 Å². The van der Waals surface area contributed by atoms with Gasteiger partial charge in [0.15, 0.2) is 5.82 Å². The monoisotopic (exact) mass is 265 g/mol. The van der Waals surface area contributed by atoms with Gasteiger partial charge < -0.3 is 15.6 Å². The van der Waals surface area contributed by atoms with Gasteiger partial charge >= 0.3 is 5.69 Å². The normalized spacial score (nSPS) is 10.4. The molecule has 2 rings (SSSR count). The summed E-state index contributed by atoms with van der Waals surface area (Å²) >= 11 is 0. The first-order chi connectivity index (χ1) is 9.06. The van der Waals surface area contributed by atoms with E-state index in [9.17, 15) is 10.1 Å². The van der Waals surface area contributed by atoms with Crippen molar-refractivity contribution in [3.63, 3.8) is 0 Å². The summed E-state index contributed by atoms with van der Waals surface area (Å²) in [4.78, 5) is 21.5. The third-order valence-electron chi connectivity index (χ3n) is 2.19. The zero-order valence-corrected chi connectivity index (χ0v) is 10.0. The van der Waals surface area contributed by atoms with E-state index in [1.165, 1.54) is 0 Å². The molecular formula is C9H11N7O3. The molecule has 0 aliphatic heterocycles. The molecule has 2 aromatic heterocycles. The minimum absolute atomic E-state index is 0.0401. The summed E-state index contributed by atoms with van der Waals surface area (Å²) in [7, 11) is 0. The lowest BCUT2D eigenvalue weighted by Crippen LogP contribution is -2.10. The highest BCUT2D eigenvalue weighted by atomic mass is 16.6. The van der Waals surface area contributed by atoms with E-state index < -0.39 is 4.92 Å². The highest BCUT2D eigenvalue weighted by molar-refractivity contribution is 5.56. The number of hydrogen-bond donors (Lipinski definition) is 2. The van der Waals surface area contributed by atoms with Gasteiger partial charge in [0.25, 0.3) is 0 Å². The molecule has 2 heterocycles. The molecule has 10 heteroatoms. The molecule has 0 spiro atoms. The molecule has 0 saturated carbocycles. The van der Waals surface area contributed by atoms with Gasteiger partial charge in [-0.05, 0) is 6.92 Å². The molecule has 10 nitrogen and oxygen atoms in total. The molecule has 0 aromatic carbocycles. The van der Waals surface area contributed by atoms with E-state index in [0.717, 1.165) is 6.20 Å². The zero-order chi connectivity index (χ0) is 13.8. The molecule has 19 heavy (non-hydrogen) atoms. The minimum atomic E-state index is -0.585. The Morgan fingerprint density at radius 1 is 1.53 bits per heavy atom. The van der Waals surface area contributed by atoms with Crippen molar-refractivity contribution in [2.75, 3.05) is 17.6 Å². The van der Waals surface area contributed by atoms with Crippen LogP contribution in [0.4, 0.5) is 17.5 Å². The molecular weight excluding hydrogens is 254 g/mol. The first-order valence-electron chi connectivity index (χ1n) is 5.36. The SMILES string of the molecule is Cc1noc(CCNc2nc(N)ncc2[N+](=O)[O-])n1. The van der Waals surface area contributed by atoms with Crippen molar-refractivity contribution in [3.8, 4) is 0 Å². The average Bonchev–Trinajstić information content (AvgIpc) is 2.75. The van der Waals surface area contributed by atoms with E-state index in [4.69, 9.17) is 10.3 Å². The van der Waals surface area contributed by atoms with Crippen LogP contribution in [0.5, 0.6) is 0 Å². The van der Waals surface area contributed by atoms with Crippen molar-refractivity contribution in [3.05, 3.63) is 28.0 Å². The number of nitrogens with two attached hydrogens (primary N) is 1. The number of rotatable bonds is 5. The van der Waals surface area contributed by atoms with Crippen LogP contribution in [0.25, 0.3) is 0 Å². The summed E-state index contributed by atoms with van der Waals surface area (Å²) in [6, 6.07) is 0. The van der Waals surface area contributed by atoms with Crippen LogP contribution in [0, 0.1) is 17.0 Å². The maximum absolute atomic E-state index is 10.8. The van der Waals surface area contributed by atoms with Gasteiger partial charge in [-0.1, -0.05) is 5.16 Å². The van der Waals surface area contributed by atoms with Crippen LogP contribution in [0.3, 0.4) is 0 Å². The zero-order valence-electron chi connectivity index (χ0n) is 10.0. The summed E-state index contributed by atoms with van der Waals surface area (Å²) in [5.41, 5.74) is 5.15. The van der Waals surface area contributed by atoms with Crippen molar-refractivity contribution in [1.29, 1.82) is 0 Å². The third-order valence-corrected chi connectivity index (χ3v) is 2.19. The number of nitrogens with zero attached hydrogens (tertiary/aromatic N) is 5. The van der Waals surface area contributed by atoms with Crippen LogP contribution in [0.1, 0.15) is 11.7 Å². The Hall–Kier alpha value is -2.78. The lowest BCUT2D eigenvalue weighted by atomic mass is 10.4. The summed E-state index contributed by atoms with van der Waals surface area (Å²) in [6.45, 7) is 2.05. The number of hydrogen-bond acceptors (Lipinski definition) is 9. The topological polar surface area (TPSA) is 146 Å². The van der Waals surface area contributed by atoms with Crippen LogP contribution >= 0.6 is 0 Å². The quantitative estimate of drug-likeness (QED) is 0.575. The second-order valence-corrected chi connectivity index (χ2v) is 3.63. The van der Waals surface area contributed by atoms with Gasteiger partial charge in [0.2, 0.25) is 17.7 Å². The predicted octanol–water partition coefficient (Wildman–Crippen LogP) is 0.313. The van der Waals surface area contributed by atoms with E-state index in [1.807, 2.05) is 0 Å². The van der Waals surface area contributed by atoms with E-state index >= 15 is 0 Å². The number of aromatic nitrogens is 4. The Bertz CT molecular complexity index is 597. The summed E-state index contributed by atoms with van der Waals surface area (Å²) in [5.74, 6) is 0.998. The maximum atomic E-state index is 10.8. The minimum Gasteiger partial charge on any atom is -0.368 e. The third kappa shape index (κ3) is 3.12. The second kappa shape index (κ2) is 5.25. The fourth-order valence-electron chi connectivity index (χ4n) is 1.38. The molecule has 0 atom stereocenters. The van der Waals surface area contributed by atoms with Gasteiger partial charge in [-0.25, -0.2) is 4.98 Å². The maximum Gasteiger partial charge on any atom is 0.329 e. The van der Waals surface area contributed by atoms with Gasteiger partial charge in [0.05, 0.1) is 4.92 Å². The number of nitro groups is 1. The van der Waals surface area contributed by atoms with Gasteiger partial charge in [-0.2, -0.15) is 9.97 Å². The Balaban J connectivity index is 2.02. The predicted molar refractivity (Wildman–Crippen MR) is 64.3 cm³/mol. The average molecular weight is 265 g/mol. The van der Waals surface area contributed by atoms with Gasteiger partial charge in [0.1, 0.15) is 6.20 Å². The highest BCUT2D eigenvalue weighted by Crippen LogP contribution is 2.20. The molecule has 0 radical (unpaired) electrons. The van der Waals surface area contributed by atoms with Crippen LogP contribution in [0.2, 0.25) is 0 Å². The van der Waals surface area contributed by atoms with Crippen LogP contribution in [-0.2, 0) is 6.42 Å². The van der Waals surface area contributed by atoms with E-state index in [2.05, 4.69) is 25.4 Å². The van der Waals surface area contributed by atoms with Crippen LogP contribution in [-0.4, -0.2) is 31.6 Å². The standard InChI is InChI=1S/C9H11N7O3/c1-5-13-7(19-15-5)2-3-11-8-6(16(17)18)4-12-9(10)14-8/h4H,2-3H2,1H3,(H3,10,11,12,14). The Kier molecular flexibility index (Phi) is 3.50. The smallest absolute Gasteiger partial charge is 0.329 e. The molecule has 0 unspecified atom stereocenters. The Morgan fingerprint density at radius 2 is 2.32 bits per heavy atom. The molecule has 0 aliphatic rings. The highest BCUT2D eigenvalue weighted by Gasteiger charge is 2.16. The molecule has 0 aliphatic carbocycles. The van der Waals surface area contributed by atoms with Crippen molar-refractivity contribution in [2.24, 2.45) is 0 Å². The number of anilines is 2. The summed E-state index contributed by atoms with van der Waals surface area (Å²) in [6.07, 6.45) is 1.48. The molecule has 2 aromatic rings. The Labute approximate surface area is 107 Å². The molecule has 0 saturated heterocycles. The van der Waals surface area contributed by atoms with Gasteiger partial charge in [0, 0.05) is 13.0 Å². The summed E-state index contributed by atoms with van der Waals surface area (Å²) < 4.78 is 4.91. The number of aryl methyl sites for hydroxylation is 1. The first kappa shape index (κ1) is 12.7. The first-order valence-corrected chi connectivity index (χ1v) is 5.36. The van der Waals surface area contributed by atoms with Crippen molar-refractivity contribution < 1.29 is 9.45 Å². The molecule has 0 fully saturated rings. The number of nitrogen functional groups attached to an aromatic ring is 1. The van der Waals surface area contributed by atoms with Crippen LogP contribution in [0.15, 0.2) is 10.7 Å². The molecule has 0 bridgehead atoms. The Morgan fingerprint density at radius 3 is 2.95 bits per heavy atom. The lowest BCUT2D eigenvalue weighted by molar-refractivity contribution is -0.384. The molecule has 0 amide bonds. The van der Waals surface area contributed by atoms with Crippen LogP contribution < -0.4 is 11.1 Å². The lowest BCUT2D eigenvalue weighted by Gasteiger charge is -2.04. The largest absolute Gasteiger partial charge is 0.368 e. The number of nitrogens with one attached hydrogen (secondary N) is 1.